The first-order valence-electron chi connectivity index (χ1n) is 7.47. The molecule has 1 aliphatic heterocycles. The number of hydrogen-bond donors (Lipinski definition) is 1. The predicted octanol–water partition coefficient (Wildman–Crippen LogP) is 2.80. The average molecular weight is 280 g/mol. The van der Waals surface area contributed by atoms with Gasteiger partial charge in [-0.25, -0.2) is 4.39 Å². The minimum atomic E-state index is -0.175. The fourth-order valence-corrected chi connectivity index (χ4v) is 2.80. The molecule has 1 fully saturated rings. The van der Waals surface area contributed by atoms with Gasteiger partial charge in [0.25, 0.3) is 0 Å². The zero-order chi connectivity index (χ0) is 14.5. The van der Waals surface area contributed by atoms with E-state index in [9.17, 15) is 4.39 Å². The van der Waals surface area contributed by atoms with Gasteiger partial charge in [0.1, 0.15) is 11.6 Å². The first-order valence-corrected chi connectivity index (χ1v) is 7.47. The number of piperazine rings is 1. The summed E-state index contributed by atoms with van der Waals surface area (Å²) in [6, 6.07) is 6.14. The van der Waals surface area contributed by atoms with Crippen molar-refractivity contribution in [2.24, 2.45) is 0 Å². The van der Waals surface area contributed by atoms with Crippen LogP contribution in [0.25, 0.3) is 0 Å². The van der Waals surface area contributed by atoms with Gasteiger partial charge in [0.05, 0.1) is 7.11 Å². The SMILES string of the molecule is CCC1CN(Cc2ccc(OC)cc2F)C(CC)CN1. The normalized spacial score (nSPS) is 23.8. The lowest BCUT2D eigenvalue weighted by Crippen LogP contribution is -2.55. The maximum atomic E-state index is 14.1. The zero-order valence-electron chi connectivity index (χ0n) is 12.7. The number of nitrogens with zero attached hydrogens (tertiary/aromatic N) is 1. The van der Waals surface area contributed by atoms with Crippen LogP contribution in [0, 0.1) is 5.82 Å². The van der Waals surface area contributed by atoms with Gasteiger partial charge in [0, 0.05) is 43.3 Å². The van der Waals surface area contributed by atoms with Gasteiger partial charge in [-0.3, -0.25) is 4.90 Å². The molecular formula is C16H25FN2O. The molecule has 4 heteroatoms. The van der Waals surface area contributed by atoms with E-state index in [2.05, 4.69) is 24.1 Å². The molecule has 2 atom stereocenters. The number of methoxy groups -OCH3 is 1. The fourth-order valence-electron chi connectivity index (χ4n) is 2.80. The summed E-state index contributed by atoms with van der Waals surface area (Å²) in [5.41, 5.74) is 0.751. The van der Waals surface area contributed by atoms with Crippen molar-refractivity contribution in [2.75, 3.05) is 20.2 Å². The van der Waals surface area contributed by atoms with Gasteiger partial charge in [0.15, 0.2) is 0 Å². The molecule has 1 heterocycles. The zero-order valence-corrected chi connectivity index (χ0v) is 12.7. The van der Waals surface area contributed by atoms with Crippen molar-refractivity contribution < 1.29 is 9.13 Å². The van der Waals surface area contributed by atoms with Crippen LogP contribution in [0.3, 0.4) is 0 Å². The van der Waals surface area contributed by atoms with E-state index in [4.69, 9.17) is 4.74 Å². The van der Waals surface area contributed by atoms with Gasteiger partial charge in [-0.05, 0) is 18.9 Å². The second kappa shape index (κ2) is 7.04. The molecule has 20 heavy (non-hydrogen) atoms. The Morgan fingerprint density at radius 1 is 1.35 bits per heavy atom. The van der Waals surface area contributed by atoms with E-state index in [0.717, 1.165) is 31.5 Å². The lowest BCUT2D eigenvalue weighted by atomic mass is 10.0. The highest BCUT2D eigenvalue weighted by atomic mass is 19.1. The lowest BCUT2D eigenvalue weighted by Gasteiger charge is -2.40. The minimum Gasteiger partial charge on any atom is -0.497 e. The quantitative estimate of drug-likeness (QED) is 0.897. The molecule has 0 bridgehead atoms. The van der Waals surface area contributed by atoms with Gasteiger partial charge in [-0.15, -0.1) is 0 Å². The third-order valence-electron chi connectivity index (χ3n) is 4.21. The molecule has 0 radical (unpaired) electrons. The predicted molar refractivity (Wildman–Crippen MR) is 79.5 cm³/mol. The number of halogens is 1. The van der Waals surface area contributed by atoms with Crippen LogP contribution in [0.5, 0.6) is 5.75 Å². The van der Waals surface area contributed by atoms with Crippen LogP contribution in [0.2, 0.25) is 0 Å². The highest BCUT2D eigenvalue weighted by Crippen LogP contribution is 2.21. The largest absolute Gasteiger partial charge is 0.497 e. The summed E-state index contributed by atoms with van der Waals surface area (Å²) in [5, 5.41) is 3.56. The van der Waals surface area contributed by atoms with Crippen LogP contribution in [0.1, 0.15) is 32.3 Å². The summed E-state index contributed by atoms with van der Waals surface area (Å²) in [7, 11) is 1.56. The lowest BCUT2D eigenvalue weighted by molar-refractivity contribution is 0.116. The molecule has 0 saturated carbocycles. The number of ether oxygens (including phenoxy) is 1. The van der Waals surface area contributed by atoms with E-state index in [-0.39, 0.29) is 5.82 Å². The van der Waals surface area contributed by atoms with Crippen LogP contribution < -0.4 is 10.1 Å². The van der Waals surface area contributed by atoms with E-state index < -0.39 is 0 Å². The summed E-state index contributed by atoms with van der Waals surface area (Å²) >= 11 is 0. The van der Waals surface area contributed by atoms with Crippen molar-refractivity contribution >= 4 is 0 Å². The molecule has 0 amide bonds. The molecule has 1 N–H and O–H groups in total. The molecule has 2 unspecified atom stereocenters. The van der Waals surface area contributed by atoms with Crippen LogP contribution in [-0.2, 0) is 6.54 Å². The Morgan fingerprint density at radius 3 is 2.75 bits per heavy atom. The summed E-state index contributed by atoms with van der Waals surface area (Å²) < 4.78 is 19.1. The molecule has 2 rings (SSSR count). The topological polar surface area (TPSA) is 24.5 Å². The molecule has 3 nitrogen and oxygen atoms in total. The van der Waals surface area contributed by atoms with E-state index in [1.54, 1.807) is 7.11 Å². The fraction of sp³-hybridized carbons (Fsp3) is 0.625. The second-order valence-electron chi connectivity index (χ2n) is 5.46. The average Bonchev–Trinajstić information content (AvgIpc) is 2.49. The monoisotopic (exact) mass is 280 g/mol. The molecule has 0 aliphatic carbocycles. The Morgan fingerprint density at radius 2 is 2.15 bits per heavy atom. The molecule has 1 aliphatic rings. The van der Waals surface area contributed by atoms with Crippen molar-refractivity contribution in [3.8, 4) is 5.75 Å². The summed E-state index contributed by atoms with van der Waals surface area (Å²) in [6.07, 6.45) is 2.19. The number of nitrogens with one attached hydrogen (secondary N) is 1. The maximum absolute atomic E-state index is 14.1. The van der Waals surface area contributed by atoms with E-state index in [0.29, 0.717) is 24.4 Å². The second-order valence-corrected chi connectivity index (χ2v) is 5.46. The Kier molecular flexibility index (Phi) is 5.38. The van der Waals surface area contributed by atoms with E-state index >= 15 is 0 Å². The number of rotatable bonds is 5. The highest BCUT2D eigenvalue weighted by Gasteiger charge is 2.26. The molecular weight excluding hydrogens is 255 g/mol. The van der Waals surface area contributed by atoms with Gasteiger partial charge in [-0.1, -0.05) is 19.9 Å². The molecule has 1 aromatic rings. The first kappa shape index (κ1) is 15.3. The summed E-state index contributed by atoms with van der Waals surface area (Å²) in [6.45, 7) is 7.03. The van der Waals surface area contributed by atoms with Crippen molar-refractivity contribution in [1.29, 1.82) is 0 Å². The van der Waals surface area contributed by atoms with Gasteiger partial charge in [-0.2, -0.15) is 0 Å². The maximum Gasteiger partial charge on any atom is 0.131 e. The van der Waals surface area contributed by atoms with E-state index in [1.807, 2.05) is 12.1 Å². The van der Waals surface area contributed by atoms with Crippen LogP contribution in [-0.4, -0.2) is 37.2 Å². The molecule has 0 aromatic heterocycles. The third kappa shape index (κ3) is 3.49. The van der Waals surface area contributed by atoms with Crippen molar-refractivity contribution in [1.82, 2.24) is 10.2 Å². The highest BCUT2D eigenvalue weighted by molar-refractivity contribution is 5.29. The summed E-state index contributed by atoms with van der Waals surface area (Å²) in [4.78, 5) is 2.40. The van der Waals surface area contributed by atoms with Gasteiger partial charge < -0.3 is 10.1 Å². The molecule has 1 saturated heterocycles. The molecule has 1 aromatic carbocycles. The Labute approximate surface area is 121 Å². The number of hydrogen-bond acceptors (Lipinski definition) is 3. The van der Waals surface area contributed by atoms with E-state index in [1.165, 1.54) is 6.07 Å². The van der Waals surface area contributed by atoms with Crippen LogP contribution in [0.15, 0.2) is 18.2 Å². The third-order valence-corrected chi connectivity index (χ3v) is 4.21. The van der Waals surface area contributed by atoms with Crippen molar-refractivity contribution in [2.45, 2.75) is 45.3 Å². The van der Waals surface area contributed by atoms with Crippen molar-refractivity contribution in [3.63, 3.8) is 0 Å². The minimum absolute atomic E-state index is 0.175. The summed E-state index contributed by atoms with van der Waals surface area (Å²) in [5.74, 6) is 0.399. The Balaban J connectivity index is 2.09. The smallest absolute Gasteiger partial charge is 0.131 e. The molecule has 112 valence electrons. The Hall–Kier alpha value is -1.13. The van der Waals surface area contributed by atoms with Crippen molar-refractivity contribution in [3.05, 3.63) is 29.6 Å². The molecule has 0 spiro atoms. The van der Waals surface area contributed by atoms with Gasteiger partial charge in [0.2, 0.25) is 0 Å². The number of benzene rings is 1. The first-order chi connectivity index (χ1) is 9.67. The Bertz CT molecular complexity index is 438. The van der Waals surface area contributed by atoms with Crippen LogP contribution >= 0.6 is 0 Å². The standard InChI is InChI=1S/C16H25FN2O/c1-4-13-11-19(14(5-2)9-18-13)10-12-6-7-15(20-3)8-16(12)17/h6-8,13-14,18H,4-5,9-11H2,1-3H3. The van der Waals surface area contributed by atoms with Crippen LogP contribution in [0.4, 0.5) is 4.39 Å². The van der Waals surface area contributed by atoms with Gasteiger partial charge >= 0.3 is 0 Å².